The molecule has 11 heteroatoms. The van der Waals surface area contributed by atoms with Crippen molar-refractivity contribution in [1.29, 1.82) is 0 Å². The lowest BCUT2D eigenvalue weighted by Crippen LogP contribution is -2.60. The number of nitrogens with zero attached hydrogens (tertiary/aromatic N) is 2. The van der Waals surface area contributed by atoms with Crippen LogP contribution in [0.2, 0.25) is 0 Å². The van der Waals surface area contributed by atoms with Crippen LogP contribution in [-0.2, 0) is 19.2 Å². The summed E-state index contributed by atoms with van der Waals surface area (Å²) in [4.78, 5) is 49.2. The van der Waals surface area contributed by atoms with Crippen LogP contribution in [0, 0.1) is 24.7 Å². The number of para-hydroxylation sites is 1. The number of alkyl halides is 3. The molecule has 2 saturated heterocycles. The van der Waals surface area contributed by atoms with Crippen LogP contribution in [0.4, 0.5) is 0 Å². The first-order valence-electron chi connectivity index (χ1n) is 10.4. The molecule has 8 nitrogen and oxygen atoms in total. The number of imide groups is 2. The highest BCUT2D eigenvalue weighted by atomic mass is 79.9. The Morgan fingerprint density at radius 2 is 1.82 bits per heavy atom. The third kappa shape index (κ3) is 2.62. The number of benzene rings is 1. The Balaban J connectivity index is 1.78. The van der Waals surface area contributed by atoms with Gasteiger partial charge in [0, 0.05) is 11.5 Å². The van der Waals surface area contributed by atoms with Crippen molar-refractivity contribution in [3.05, 3.63) is 41.0 Å². The number of carbonyl (C=O) groups excluding carboxylic acids is 4. The standard InChI is InChI=1S/C22H19BrCl2N2O6/c1-9-3-2-4-12(16(9)28)15-10-5-6-11-14(18(30)27(33)17(11)29)13(10)7-21(24)19(31)26(8-23)20(32)22(15,21)25/h2-5,11,13-15,28,33H,6-8H2,1H3/t11-,13+,14-,15+,21+,22-/m0/s1. The number of allylic oxidation sites excluding steroid dienone is 2. The molecule has 3 fully saturated rings. The number of fused-ring (bicyclic) bond motifs is 4. The smallest absolute Gasteiger partial charge is 0.257 e. The van der Waals surface area contributed by atoms with Crippen LogP contribution in [0.5, 0.6) is 5.75 Å². The highest BCUT2D eigenvalue weighted by Gasteiger charge is 2.76. The van der Waals surface area contributed by atoms with Crippen LogP contribution in [0.15, 0.2) is 29.8 Å². The van der Waals surface area contributed by atoms with Gasteiger partial charge < -0.3 is 5.11 Å². The van der Waals surface area contributed by atoms with E-state index in [9.17, 15) is 29.5 Å². The van der Waals surface area contributed by atoms with E-state index in [4.69, 9.17) is 23.2 Å². The molecular weight excluding hydrogens is 539 g/mol. The average Bonchev–Trinajstić information content (AvgIpc) is 3.09. The Morgan fingerprint density at radius 3 is 2.48 bits per heavy atom. The Labute approximate surface area is 207 Å². The summed E-state index contributed by atoms with van der Waals surface area (Å²) >= 11 is 17.2. The predicted molar refractivity (Wildman–Crippen MR) is 120 cm³/mol. The predicted octanol–water partition coefficient (Wildman–Crippen LogP) is 2.80. The van der Waals surface area contributed by atoms with Gasteiger partial charge in [-0.15, -0.1) is 23.2 Å². The molecule has 33 heavy (non-hydrogen) atoms. The van der Waals surface area contributed by atoms with E-state index in [0.29, 0.717) is 16.7 Å². The number of hydrogen-bond acceptors (Lipinski definition) is 6. The summed E-state index contributed by atoms with van der Waals surface area (Å²) in [5.74, 6) is -6.52. The molecule has 2 N–H and O–H groups in total. The molecule has 1 saturated carbocycles. The Hall–Kier alpha value is -1.94. The quantitative estimate of drug-likeness (QED) is 0.190. The lowest BCUT2D eigenvalue weighted by atomic mass is 9.56. The van der Waals surface area contributed by atoms with E-state index >= 15 is 0 Å². The van der Waals surface area contributed by atoms with E-state index in [0.717, 1.165) is 4.90 Å². The van der Waals surface area contributed by atoms with Crippen LogP contribution in [0.1, 0.15) is 29.9 Å². The lowest BCUT2D eigenvalue weighted by Gasteiger charge is -2.50. The third-order valence-corrected chi connectivity index (χ3v) is 9.49. The number of hydrogen-bond donors (Lipinski definition) is 2. The molecular formula is C22H19BrCl2N2O6. The molecule has 174 valence electrons. The van der Waals surface area contributed by atoms with Crippen molar-refractivity contribution in [3.8, 4) is 5.75 Å². The first-order chi connectivity index (χ1) is 15.5. The summed E-state index contributed by atoms with van der Waals surface area (Å²) in [6, 6.07) is 4.99. The van der Waals surface area contributed by atoms with Gasteiger partial charge >= 0.3 is 0 Å². The first kappa shape index (κ1) is 22.8. The molecule has 5 rings (SSSR count). The number of phenols is 1. The molecule has 1 aromatic carbocycles. The topological polar surface area (TPSA) is 115 Å². The third-order valence-electron chi connectivity index (χ3n) is 7.57. The maximum Gasteiger partial charge on any atom is 0.257 e. The molecule has 2 aliphatic heterocycles. The molecule has 4 aliphatic rings. The highest BCUT2D eigenvalue weighted by molar-refractivity contribution is 9.09. The van der Waals surface area contributed by atoms with Crippen molar-refractivity contribution in [1.82, 2.24) is 9.96 Å². The van der Waals surface area contributed by atoms with Crippen molar-refractivity contribution < 1.29 is 29.5 Å². The summed E-state index contributed by atoms with van der Waals surface area (Å²) < 4.78 is 0. The maximum absolute atomic E-state index is 13.5. The number of carbonyl (C=O) groups is 4. The van der Waals surface area contributed by atoms with Crippen LogP contribution < -0.4 is 0 Å². The minimum atomic E-state index is -1.97. The van der Waals surface area contributed by atoms with Crippen LogP contribution in [-0.4, -0.2) is 59.1 Å². The molecule has 2 aliphatic carbocycles. The van der Waals surface area contributed by atoms with E-state index in [-0.39, 0.29) is 29.1 Å². The van der Waals surface area contributed by atoms with Crippen molar-refractivity contribution >= 4 is 62.8 Å². The van der Waals surface area contributed by atoms with E-state index in [1.54, 1.807) is 31.2 Å². The molecule has 0 radical (unpaired) electrons. The summed E-state index contributed by atoms with van der Waals surface area (Å²) in [7, 11) is 0. The van der Waals surface area contributed by atoms with E-state index in [2.05, 4.69) is 15.9 Å². The summed E-state index contributed by atoms with van der Waals surface area (Å²) in [5, 5.41) is 21.1. The molecule has 6 atom stereocenters. The van der Waals surface area contributed by atoms with Gasteiger partial charge in [-0.25, -0.2) is 0 Å². The number of phenolic OH excluding ortho intramolecular Hbond substituents is 1. The van der Waals surface area contributed by atoms with Gasteiger partial charge in [-0.05, 0) is 31.2 Å². The fourth-order valence-corrected chi connectivity index (χ4v) is 7.41. The zero-order valence-corrected chi connectivity index (χ0v) is 20.4. The minimum absolute atomic E-state index is 0.0969. The van der Waals surface area contributed by atoms with Gasteiger partial charge in [0.15, 0.2) is 9.75 Å². The van der Waals surface area contributed by atoms with Gasteiger partial charge in [0.05, 0.1) is 17.3 Å². The van der Waals surface area contributed by atoms with Crippen molar-refractivity contribution in [2.45, 2.75) is 35.4 Å². The van der Waals surface area contributed by atoms with Gasteiger partial charge in [-0.2, -0.15) is 5.06 Å². The van der Waals surface area contributed by atoms with Crippen molar-refractivity contribution in [2.24, 2.45) is 17.8 Å². The fourth-order valence-electron chi connectivity index (χ4n) is 6.00. The Bertz CT molecular complexity index is 1170. The zero-order chi connectivity index (χ0) is 24.0. The number of likely N-dealkylation sites (tertiary alicyclic amines) is 1. The molecule has 0 spiro atoms. The maximum atomic E-state index is 13.5. The first-order valence-corrected chi connectivity index (χ1v) is 12.2. The molecule has 0 bridgehead atoms. The molecule has 1 aromatic rings. The van der Waals surface area contributed by atoms with Crippen molar-refractivity contribution in [2.75, 3.05) is 5.45 Å². The van der Waals surface area contributed by atoms with Gasteiger partial charge in [0.1, 0.15) is 5.75 Å². The Morgan fingerprint density at radius 1 is 1.12 bits per heavy atom. The second-order valence-electron chi connectivity index (χ2n) is 8.99. The van der Waals surface area contributed by atoms with Gasteiger partial charge in [-0.3, -0.25) is 29.3 Å². The molecule has 0 aromatic heterocycles. The van der Waals surface area contributed by atoms with Gasteiger partial charge in [0.2, 0.25) is 0 Å². The van der Waals surface area contributed by atoms with E-state index in [1.807, 2.05) is 0 Å². The molecule has 2 heterocycles. The summed E-state index contributed by atoms with van der Waals surface area (Å²) in [6.45, 7) is 1.69. The monoisotopic (exact) mass is 556 g/mol. The van der Waals surface area contributed by atoms with Crippen LogP contribution in [0.3, 0.4) is 0 Å². The zero-order valence-electron chi connectivity index (χ0n) is 17.3. The second-order valence-corrected chi connectivity index (χ2v) is 10.7. The van der Waals surface area contributed by atoms with Crippen LogP contribution >= 0.6 is 39.1 Å². The number of hydroxylamine groups is 2. The lowest BCUT2D eigenvalue weighted by molar-refractivity contribution is -0.173. The summed E-state index contributed by atoms with van der Waals surface area (Å²) in [5.41, 5.74) is 1.27. The SMILES string of the molecule is Cc1cccc([C@H]2C3=CC[C@@H]4C(=O)N(O)C(=O)[C@@H]4[C@@H]3C[C@@]3(Cl)C(=O)N(CBr)C(=O)[C@@]23Cl)c1O. The van der Waals surface area contributed by atoms with Gasteiger partial charge in [-0.1, -0.05) is 45.8 Å². The van der Waals surface area contributed by atoms with Gasteiger partial charge in [0.25, 0.3) is 23.6 Å². The molecule has 4 amide bonds. The van der Waals surface area contributed by atoms with Crippen LogP contribution in [0.25, 0.3) is 0 Å². The second kappa shape index (κ2) is 7.28. The highest BCUT2D eigenvalue weighted by Crippen LogP contribution is 2.66. The largest absolute Gasteiger partial charge is 0.507 e. The number of aryl methyl sites for hydroxylation is 1. The summed E-state index contributed by atoms with van der Waals surface area (Å²) in [6.07, 6.45) is 1.71. The number of amides is 4. The number of aromatic hydroxyl groups is 1. The number of halogens is 3. The molecule has 0 unspecified atom stereocenters. The minimum Gasteiger partial charge on any atom is -0.507 e. The Kier molecular flexibility index (Phi) is 5.04. The van der Waals surface area contributed by atoms with E-state index < -0.39 is 57.0 Å². The van der Waals surface area contributed by atoms with E-state index in [1.165, 1.54) is 0 Å². The number of rotatable bonds is 2. The normalized spacial score (nSPS) is 37.8. The fraction of sp³-hybridized carbons (Fsp3) is 0.455. The average molecular weight is 558 g/mol. The van der Waals surface area contributed by atoms with Crippen molar-refractivity contribution in [3.63, 3.8) is 0 Å².